The molecule has 96 valence electrons. The maximum atomic E-state index is 13.2. The molecule has 0 bridgehead atoms. The molecule has 0 saturated heterocycles. The molecule has 1 heterocycles. The van der Waals surface area contributed by atoms with Gasteiger partial charge in [0.2, 0.25) is 0 Å². The van der Waals surface area contributed by atoms with E-state index in [0.717, 1.165) is 22.4 Å². The Morgan fingerprint density at radius 2 is 2.00 bits per heavy atom. The van der Waals surface area contributed by atoms with Gasteiger partial charge < -0.3 is 0 Å². The SMILES string of the molecule is Cc1c(Cl)nnc(Cc2ccc(F)c(C#N)c2)c1C. The smallest absolute Gasteiger partial charge is 0.154 e. The van der Waals surface area contributed by atoms with Crippen LogP contribution in [0.4, 0.5) is 4.39 Å². The van der Waals surface area contributed by atoms with Crippen LogP contribution in [0.3, 0.4) is 0 Å². The summed E-state index contributed by atoms with van der Waals surface area (Å²) in [5.41, 5.74) is 3.47. The Kier molecular flexibility index (Phi) is 3.77. The van der Waals surface area contributed by atoms with Gasteiger partial charge in [0.1, 0.15) is 11.9 Å². The van der Waals surface area contributed by atoms with Crippen molar-refractivity contribution in [3.05, 3.63) is 57.1 Å². The Hall–Kier alpha value is -1.99. The van der Waals surface area contributed by atoms with E-state index >= 15 is 0 Å². The number of halogens is 2. The van der Waals surface area contributed by atoms with Crippen molar-refractivity contribution in [3.63, 3.8) is 0 Å². The predicted molar refractivity (Wildman–Crippen MR) is 70.4 cm³/mol. The van der Waals surface area contributed by atoms with Gasteiger partial charge >= 0.3 is 0 Å². The fourth-order valence-corrected chi connectivity index (χ4v) is 1.93. The van der Waals surface area contributed by atoms with Crippen molar-refractivity contribution in [1.82, 2.24) is 10.2 Å². The van der Waals surface area contributed by atoms with Crippen LogP contribution in [0.1, 0.15) is 27.9 Å². The second kappa shape index (κ2) is 5.33. The molecule has 0 fully saturated rings. The first kappa shape index (κ1) is 13.4. The highest BCUT2D eigenvalue weighted by Gasteiger charge is 2.10. The molecule has 5 heteroatoms. The first-order valence-electron chi connectivity index (χ1n) is 5.69. The number of rotatable bonds is 2. The van der Waals surface area contributed by atoms with Crippen LogP contribution >= 0.6 is 11.6 Å². The minimum Gasteiger partial charge on any atom is -0.206 e. The van der Waals surface area contributed by atoms with Crippen LogP contribution in [-0.2, 0) is 6.42 Å². The number of hydrogen-bond donors (Lipinski definition) is 0. The zero-order valence-corrected chi connectivity index (χ0v) is 11.3. The second-order valence-electron chi connectivity index (χ2n) is 4.29. The minimum atomic E-state index is -0.513. The highest BCUT2D eigenvalue weighted by Crippen LogP contribution is 2.20. The van der Waals surface area contributed by atoms with Crippen LogP contribution in [0.15, 0.2) is 18.2 Å². The molecule has 0 radical (unpaired) electrons. The fraction of sp³-hybridized carbons (Fsp3) is 0.214. The van der Waals surface area contributed by atoms with E-state index < -0.39 is 5.82 Å². The fourth-order valence-electron chi connectivity index (χ4n) is 1.75. The largest absolute Gasteiger partial charge is 0.206 e. The summed E-state index contributed by atoms with van der Waals surface area (Å²) >= 11 is 5.89. The van der Waals surface area contributed by atoms with Crippen LogP contribution in [0.2, 0.25) is 5.15 Å². The molecule has 0 spiro atoms. The number of nitrogens with zero attached hydrogens (tertiary/aromatic N) is 3. The van der Waals surface area contributed by atoms with Gasteiger partial charge in [-0.25, -0.2) is 4.39 Å². The van der Waals surface area contributed by atoms with Gasteiger partial charge in [-0.2, -0.15) is 10.4 Å². The summed E-state index contributed by atoms with van der Waals surface area (Å²) in [6, 6.07) is 6.28. The monoisotopic (exact) mass is 275 g/mol. The molecule has 1 aromatic heterocycles. The number of aromatic nitrogens is 2. The van der Waals surface area contributed by atoms with E-state index in [4.69, 9.17) is 16.9 Å². The molecule has 0 aliphatic heterocycles. The molecule has 2 rings (SSSR count). The van der Waals surface area contributed by atoms with Crippen molar-refractivity contribution in [2.75, 3.05) is 0 Å². The van der Waals surface area contributed by atoms with Crippen LogP contribution in [0.5, 0.6) is 0 Å². The maximum absolute atomic E-state index is 13.2. The lowest BCUT2D eigenvalue weighted by Gasteiger charge is -2.08. The van der Waals surface area contributed by atoms with Gasteiger partial charge in [-0.1, -0.05) is 17.7 Å². The first-order chi connectivity index (χ1) is 9.02. The summed E-state index contributed by atoms with van der Waals surface area (Å²) in [5, 5.41) is 17.1. The van der Waals surface area contributed by atoms with Crippen molar-refractivity contribution in [2.24, 2.45) is 0 Å². The number of hydrogen-bond acceptors (Lipinski definition) is 3. The lowest BCUT2D eigenvalue weighted by molar-refractivity contribution is 0.623. The summed E-state index contributed by atoms with van der Waals surface area (Å²) in [6.07, 6.45) is 0.492. The van der Waals surface area contributed by atoms with Gasteiger partial charge in [-0.3, -0.25) is 0 Å². The molecular formula is C14H11ClFN3. The molecule has 0 N–H and O–H groups in total. The third kappa shape index (κ3) is 2.72. The highest BCUT2D eigenvalue weighted by atomic mass is 35.5. The third-order valence-electron chi connectivity index (χ3n) is 3.09. The Morgan fingerprint density at radius 3 is 2.68 bits per heavy atom. The zero-order valence-electron chi connectivity index (χ0n) is 10.5. The summed E-state index contributed by atoms with van der Waals surface area (Å²) in [7, 11) is 0. The van der Waals surface area contributed by atoms with E-state index in [1.54, 1.807) is 6.07 Å². The molecule has 19 heavy (non-hydrogen) atoms. The van der Waals surface area contributed by atoms with Gasteiger partial charge in [0.15, 0.2) is 5.15 Å². The van der Waals surface area contributed by atoms with Gasteiger partial charge in [0.25, 0.3) is 0 Å². The standard InChI is InChI=1S/C14H11ClFN3/c1-8-9(2)14(15)19-18-13(8)6-10-3-4-12(16)11(5-10)7-17/h3-5H,6H2,1-2H3. The van der Waals surface area contributed by atoms with Crippen molar-refractivity contribution in [3.8, 4) is 6.07 Å². The average molecular weight is 276 g/mol. The molecule has 2 aromatic rings. The minimum absolute atomic E-state index is 0.0359. The van der Waals surface area contributed by atoms with Crippen LogP contribution in [0, 0.1) is 31.0 Å². The second-order valence-corrected chi connectivity index (χ2v) is 4.65. The number of nitriles is 1. The quantitative estimate of drug-likeness (QED) is 0.844. The van der Waals surface area contributed by atoms with Gasteiger partial charge in [-0.15, -0.1) is 5.10 Å². The Morgan fingerprint density at radius 1 is 1.26 bits per heavy atom. The molecule has 0 saturated carbocycles. The first-order valence-corrected chi connectivity index (χ1v) is 6.07. The molecule has 3 nitrogen and oxygen atoms in total. The molecule has 1 aromatic carbocycles. The van der Waals surface area contributed by atoms with E-state index in [2.05, 4.69) is 10.2 Å². The summed E-state index contributed by atoms with van der Waals surface area (Å²) in [5.74, 6) is -0.513. The van der Waals surface area contributed by atoms with Crippen LogP contribution in [-0.4, -0.2) is 10.2 Å². The Balaban J connectivity index is 2.37. The third-order valence-corrected chi connectivity index (χ3v) is 3.45. The lowest BCUT2D eigenvalue weighted by Crippen LogP contribution is -2.02. The molecule has 0 unspecified atom stereocenters. The van der Waals surface area contributed by atoms with Gasteiger partial charge in [0, 0.05) is 6.42 Å². The Bertz CT molecular complexity index is 677. The van der Waals surface area contributed by atoms with E-state index in [1.165, 1.54) is 12.1 Å². The number of benzene rings is 1. The van der Waals surface area contributed by atoms with E-state index in [-0.39, 0.29) is 5.56 Å². The Labute approximate surface area is 115 Å². The zero-order chi connectivity index (χ0) is 14.0. The van der Waals surface area contributed by atoms with E-state index in [0.29, 0.717) is 11.6 Å². The lowest BCUT2D eigenvalue weighted by atomic mass is 10.0. The molecule has 0 aliphatic rings. The normalized spacial score (nSPS) is 10.3. The van der Waals surface area contributed by atoms with E-state index in [9.17, 15) is 4.39 Å². The molecule has 0 atom stereocenters. The van der Waals surface area contributed by atoms with Crippen LogP contribution in [0.25, 0.3) is 0 Å². The van der Waals surface area contributed by atoms with Crippen LogP contribution < -0.4 is 0 Å². The van der Waals surface area contributed by atoms with Crippen molar-refractivity contribution < 1.29 is 4.39 Å². The molecule has 0 aliphatic carbocycles. The topological polar surface area (TPSA) is 49.6 Å². The maximum Gasteiger partial charge on any atom is 0.154 e. The molecule has 0 amide bonds. The van der Waals surface area contributed by atoms with E-state index in [1.807, 2.05) is 19.9 Å². The van der Waals surface area contributed by atoms with Gasteiger partial charge in [0.05, 0.1) is 11.3 Å². The van der Waals surface area contributed by atoms with Crippen molar-refractivity contribution >= 4 is 11.6 Å². The summed E-state index contributed by atoms with van der Waals surface area (Å²) in [4.78, 5) is 0. The summed E-state index contributed by atoms with van der Waals surface area (Å²) in [6.45, 7) is 3.79. The highest BCUT2D eigenvalue weighted by molar-refractivity contribution is 6.30. The summed E-state index contributed by atoms with van der Waals surface area (Å²) < 4.78 is 13.2. The van der Waals surface area contributed by atoms with Crippen molar-refractivity contribution in [2.45, 2.75) is 20.3 Å². The predicted octanol–water partition coefficient (Wildman–Crippen LogP) is 3.35. The van der Waals surface area contributed by atoms with Crippen molar-refractivity contribution in [1.29, 1.82) is 5.26 Å². The molecular weight excluding hydrogens is 265 g/mol. The average Bonchev–Trinajstić information content (AvgIpc) is 2.41. The van der Waals surface area contributed by atoms with Gasteiger partial charge in [-0.05, 0) is 42.7 Å².